The summed E-state index contributed by atoms with van der Waals surface area (Å²) in [6, 6.07) is 2.38. The summed E-state index contributed by atoms with van der Waals surface area (Å²) in [7, 11) is 0. The van der Waals surface area contributed by atoms with Gasteiger partial charge in [0.15, 0.2) is 5.78 Å². The van der Waals surface area contributed by atoms with Gasteiger partial charge in [-0.2, -0.15) is 5.10 Å². The van der Waals surface area contributed by atoms with Gasteiger partial charge in [-0.25, -0.2) is 0 Å². The first kappa shape index (κ1) is 16.2. The second-order valence-corrected chi connectivity index (χ2v) is 5.73. The van der Waals surface area contributed by atoms with Crippen molar-refractivity contribution in [2.24, 2.45) is 0 Å². The van der Waals surface area contributed by atoms with Gasteiger partial charge in [0.05, 0.1) is 24.3 Å². The maximum absolute atomic E-state index is 12.0. The summed E-state index contributed by atoms with van der Waals surface area (Å²) in [5.41, 5.74) is 0.848. The number of piperidine rings is 1. The monoisotopic (exact) mass is 293 g/mol. The molecule has 1 aliphatic rings. The topological polar surface area (TPSA) is 56.1 Å². The second-order valence-electron chi connectivity index (χ2n) is 5.73. The van der Waals surface area contributed by atoms with Crippen LogP contribution in [0.4, 0.5) is 0 Å². The van der Waals surface area contributed by atoms with E-state index < -0.39 is 0 Å². The molecule has 0 saturated carbocycles. The second kappa shape index (κ2) is 8.29. The number of ether oxygens (including phenoxy) is 1. The van der Waals surface area contributed by atoms with Crippen molar-refractivity contribution in [1.29, 1.82) is 0 Å². The normalized spacial score (nSPS) is 16.5. The molecule has 0 spiro atoms. The van der Waals surface area contributed by atoms with Crippen LogP contribution in [0.5, 0.6) is 0 Å². The zero-order chi connectivity index (χ0) is 15.1. The summed E-state index contributed by atoms with van der Waals surface area (Å²) in [4.78, 5) is 12.0. The number of rotatable bonds is 8. The van der Waals surface area contributed by atoms with E-state index in [2.05, 4.69) is 24.3 Å². The number of nitrogens with zero attached hydrogens (tertiary/aromatic N) is 2. The highest BCUT2D eigenvalue weighted by atomic mass is 16.5. The molecule has 1 aliphatic heterocycles. The predicted octanol–water partition coefficient (Wildman–Crippen LogP) is 2.12. The molecule has 118 valence electrons. The van der Waals surface area contributed by atoms with Gasteiger partial charge in [0.2, 0.25) is 0 Å². The van der Waals surface area contributed by atoms with Crippen LogP contribution in [0, 0.1) is 0 Å². The summed E-state index contributed by atoms with van der Waals surface area (Å²) >= 11 is 0. The fourth-order valence-corrected chi connectivity index (χ4v) is 2.76. The highest BCUT2D eigenvalue weighted by molar-refractivity contribution is 5.81. The molecule has 0 aromatic carbocycles. The van der Waals surface area contributed by atoms with Crippen molar-refractivity contribution in [3.8, 4) is 0 Å². The van der Waals surface area contributed by atoms with Gasteiger partial charge in [-0.1, -0.05) is 13.8 Å². The average molecular weight is 293 g/mol. The maximum atomic E-state index is 12.0. The Morgan fingerprint density at radius 3 is 2.81 bits per heavy atom. The molecule has 0 radical (unpaired) electrons. The Bertz CT molecular complexity index is 434. The number of carbonyl (C=O) groups excluding carboxylic acids is 1. The zero-order valence-electron chi connectivity index (χ0n) is 13.2. The predicted molar refractivity (Wildman–Crippen MR) is 82.4 cm³/mol. The van der Waals surface area contributed by atoms with Crippen molar-refractivity contribution in [3.05, 3.63) is 18.0 Å². The van der Waals surface area contributed by atoms with E-state index >= 15 is 0 Å². The van der Waals surface area contributed by atoms with Crippen LogP contribution in [0.2, 0.25) is 0 Å². The van der Waals surface area contributed by atoms with Crippen LogP contribution in [-0.4, -0.2) is 41.4 Å². The van der Waals surface area contributed by atoms with Gasteiger partial charge >= 0.3 is 0 Å². The number of nitrogens with one attached hydrogen (secondary N) is 1. The van der Waals surface area contributed by atoms with Crippen molar-refractivity contribution in [3.63, 3.8) is 0 Å². The van der Waals surface area contributed by atoms with Gasteiger partial charge in [-0.3, -0.25) is 9.48 Å². The number of hydrogen-bond acceptors (Lipinski definition) is 4. The van der Waals surface area contributed by atoms with E-state index in [0.29, 0.717) is 12.5 Å². The van der Waals surface area contributed by atoms with Crippen molar-refractivity contribution >= 4 is 5.78 Å². The quantitative estimate of drug-likeness (QED) is 0.797. The molecule has 0 aliphatic carbocycles. The molecule has 5 nitrogen and oxygen atoms in total. The highest BCUT2D eigenvalue weighted by Gasteiger charge is 2.16. The number of hydrogen-bond donors (Lipinski definition) is 1. The fraction of sp³-hybridized carbons (Fsp3) is 0.750. The maximum Gasteiger partial charge on any atom is 0.164 e. The van der Waals surface area contributed by atoms with Crippen LogP contribution in [-0.2, 0) is 16.0 Å². The van der Waals surface area contributed by atoms with Gasteiger partial charge in [0.1, 0.15) is 6.61 Å². The van der Waals surface area contributed by atoms with Gasteiger partial charge in [-0.05, 0) is 44.8 Å². The Labute approximate surface area is 127 Å². The first-order valence-electron chi connectivity index (χ1n) is 8.11. The molecule has 0 unspecified atom stereocenters. The lowest BCUT2D eigenvalue weighted by Gasteiger charge is -2.22. The number of Topliss-reactive ketones (excluding diaryl/α,β-unsaturated/α-hetero) is 1. The Balaban J connectivity index is 1.77. The van der Waals surface area contributed by atoms with Crippen molar-refractivity contribution in [2.75, 3.05) is 19.7 Å². The minimum absolute atomic E-state index is 0.114. The molecule has 1 N–H and O–H groups in total. The third kappa shape index (κ3) is 4.93. The molecule has 2 heterocycles. The lowest BCUT2D eigenvalue weighted by atomic mass is 10.1. The van der Waals surface area contributed by atoms with E-state index in [1.54, 1.807) is 0 Å². The van der Waals surface area contributed by atoms with Crippen molar-refractivity contribution in [1.82, 2.24) is 15.1 Å². The first-order valence-corrected chi connectivity index (χ1v) is 8.11. The van der Waals surface area contributed by atoms with Crippen molar-refractivity contribution < 1.29 is 9.53 Å². The van der Waals surface area contributed by atoms with Crippen LogP contribution in [0.15, 0.2) is 12.3 Å². The first-order chi connectivity index (χ1) is 10.2. The third-order valence-electron chi connectivity index (χ3n) is 4.12. The standard InChI is InChI=1S/C16H27N3O2/c1-3-14(4-2)19-10-7-13(18-19)11-15(20)12-21-16-5-8-17-9-6-16/h7,10,14,16-17H,3-6,8-9,11-12H2,1-2H3. The average Bonchev–Trinajstić information content (AvgIpc) is 2.96. The minimum Gasteiger partial charge on any atom is -0.370 e. The van der Waals surface area contributed by atoms with E-state index in [1.807, 2.05) is 16.9 Å². The van der Waals surface area contributed by atoms with Crippen molar-refractivity contribution in [2.45, 2.75) is 58.1 Å². The Morgan fingerprint density at radius 2 is 2.14 bits per heavy atom. The van der Waals surface area contributed by atoms with Gasteiger partial charge in [0.25, 0.3) is 0 Å². The van der Waals surface area contributed by atoms with Crippen LogP contribution >= 0.6 is 0 Å². The zero-order valence-corrected chi connectivity index (χ0v) is 13.2. The molecule has 1 aromatic heterocycles. The van der Waals surface area contributed by atoms with E-state index in [-0.39, 0.29) is 18.5 Å². The molecule has 0 bridgehead atoms. The largest absolute Gasteiger partial charge is 0.370 e. The molecule has 1 saturated heterocycles. The van der Waals surface area contributed by atoms with Gasteiger partial charge < -0.3 is 10.1 Å². The molecule has 21 heavy (non-hydrogen) atoms. The van der Waals surface area contributed by atoms with Gasteiger partial charge in [-0.15, -0.1) is 0 Å². The Hall–Kier alpha value is -1.20. The summed E-state index contributed by atoms with van der Waals surface area (Å²) < 4.78 is 7.67. The Kier molecular flexibility index (Phi) is 6.39. The van der Waals surface area contributed by atoms with Crippen LogP contribution in [0.3, 0.4) is 0 Å². The Morgan fingerprint density at radius 1 is 1.43 bits per heavy atom. The number of carbonyl (C=O) groups is 1. The minimum atomic E-state index is 0.114. The molecule has 5 heteroatoms. The van der Waals surface area contributed by atoms with E-state index in [1.165, 1.54) is 0 Å². The van der Waals surface area contributed by atoms with E-state index in [9.17, 15) is 4.79 Å². The smallest absolute Gasteiger partial charge is 0.164 e. The lowest BCUT2D eigenvalue weighted by Crippen LogP contribution is -2.33. The van der Waals surface area contributed by atoms with Crippen LogP contribution < -0.4 is 5.32 Å². The molecule has 0 atom stereocenters. The summed E-state index contributed by atoms with van der Waals surface area (Å²) in [5, 5.41) is 7.81. The molecule has 1 fully saturated rings. The summed E-state index contributed by atoms with van der Waals surface area (Å²) in [5.74, 6) is 0.114. The number of ketones is 1. The van der Waals surface area contributed by atoms with Crippen LogP contribution in [0.25, 0.3) is 0 Å². The van der Waals surface area contributed by atoms with E-state index in [4.69, 9.17) is 4.74 Å². The van der Waals surface area contributed by atoms with E-state index in [0.717, 1.165) is 44.5 Å². The molecular weight excluding hydrogens is 266 g/mol. The van der Waals surface area contributed by atoms with Gasteiger partial charge in [0, 0.05) is 6.20 Å². The molecule has 2 rings (SSSR count). The fourth-order valence-electron chi connectivity index (χ4n) is 2.76. The summed E-state index contributed by atoms with van der Waals surface area (Å²) in [6.07, 6.45) is 6.70. The molecular formula is C16H27N3O2. The summed E-state index contributed by atoms with van der Waals surface area (Å²) in [6.45, 7) is 6.50. The van der Waals surface area contributed by atoms with Crippen LogP contribution in [0.1, 0.15) is 51.3 Å². The molecule has 0 amide bonds. The lowest BCUT2D eigenvalue weighted by molar-refractivity contribution is -0.125. The molecule has 1 aromatic rings. The third-order valence-corrected chi connectivity index (χ3v) is 4.12. The highest BCUT2D eigenvalue weighted by Crippen LogP contribution is 2.15. The SMILES string of the molecule is CCC(CC)n1ccc(CC(=O)COC2CCNCC2)n1. The number of aromatic nitrogens is 2.